The molecular weight excluding hydrogens is 696 g/mol. The van der Waals surface area contributed by atoms with Crippen molar-refractivity contribution >= 4 is 49.1 Å². The third-order valence-corrected chi connectivity index (χ3v) is 11.7. The van der Waals surface area contributed by atoms with Crippen molar-refractivity contribution in [3.63, 3.8) is 0 Å². The summed E-state index contributed by atoms with van der Waals surface area (Å²) in [6.45, 7) is 6.57. The average Bonchev–Trinajstić information content (AvgIpc) is 3.83. The molecule has 3 aliphatic heterocycles. The summed E-state index contributed by atoms with van der Waals surface area (Å²) >= 11 is 0.674. The number of nitrogen functional groups attached to an aromatic ring is 1. The first-order valence-corrected chi connectivity index (χ1v) is 17.2. The molecule has 0 aliphatic carbocycles. The minimum atomic E-state index is -5.13. The number of hydrogen-bond acceptors (Lipinski definition) is 9. The molecule has 9 nitrogen and oxygen atoms in total. The molecule has 2 unspecified atom stereocenters. The Hall–Kier alpha value is -4.62. The van der Waals surface area contributed by atoms with Gasteiger partial charge in [0.15, 0.2) is 5.82 Å². The summed E-state index contributed by atoms with van der Waals surface area (Å²) in [5, 5.41) is 9.17. The molecule has 268 valence electrons. The Bertz CT molecular complexity index is 2130. The van der Waals surface area contributed by atoms with Crippen LogP contribution >= 0.6 is 11.3 Å². The van der Waals surface area contributed by atoms with Gasteiger partial charge in [0, 0.05) is 48.9 Å². The lowest BCUT2D eigenvalue weighted by Gasteiger charge is -2.33. The van der Waals surface area contributed by atoms with E-state index in [1.807, 2.05) is 11.0 Å². The highest BCUT2D eigenvalue weighted by Gasteiger charge is 2.49. The number of aromatic nitrogens is 2. The lowest BCUT2D eigenvalue weighted by Crippen LogP contribution is -2.44. The Labute approximate surface area is 292 Å². The highest BCUT2D eigenvalue weighted by molar-refractivity contribution is 7.23. The molecule has 3 saturated heterocycles. The van der Waals surface area contributed by atoms with Gasteiger partial charge in [-0.25, -0.2) is 13.2 Å². The predicted octanol–water partition coefficient (Wildman–Crippen LogP) is 6.83. The first-order chi connectivity index (χ1) is 24.2. The van der Waals surface area contributed by atoms with Crippen molar-refractivity contribution in [3.8, 4) is 23.2 Å². The van der Waals surface area contributed by atoms with Crippen LogP contribution in [0.3, 0.4) is 0 Å². The number of amides is 1. The maximum absolute atomic E-state index is 17.1. The van der Waals surface area contributed by atoms with Crippen LogP contribution in [0.15, 0.2) is 30.9 Å². The quantitative estimate of drug-likeness (QED) is 0.163. The molecule has 4 atom stereocenters. The molecule has 7 rings (SSSR count). The Morgan fingerprint density at radius 1 is 1.29 bits per heavy atom. The molecule has 51 heavy (non-hydrogen) atoms. The smallest absolute Gasteiger partial charge is 0.417 e. The first-order valence-electron chi connectivity index (χ1n) is 16.4. The first kappa shape index (κ1) is 34.8. The number of hydrogen-bond donors (Lipinski definition) is 1. The van der Waals surface area contributed by atoms with Gasteiger partial charge in [0.2, 0.25) is 5.91 Å². The lowest BCUT2D eigenvalue weighted by molar-refractivity contribution is -0.137. The van der Waals surface area contributed by atoms with Crippen LogP contribution in [-0.2, 0) is 11.0 Å². The van der Waals surface area contributed by atoms with Crippen LogP contribution in [0.4, 0.5) is 37.2 Å². The van der Waals surface area contributed by atoms with Crippen molar-refractivity contribution in [2.75, 3.05) is 43.9 Å². The van der Waals surface area contributed by atoms with E-state index in [0.29, 0.717) is 37.3 Å². The van der Waals surface area contributed by atoms with Crippen molar-refractivity contribution < 1.29 is 35.9 Å². The average molecular weight is 730 g/mol. The summed E-state index contributed by atoms with van der Waals surface area (Å²) in [5.41, 5.74) is 1.81. The standard InChI is InChI=1S/C35H33F6N7O2S/c1-4-25(49)48-11-8-24(17(48)2)46(3)32-20-12-22(35(39,40)41)27(19-6-7-23(37)30-26(19)21(14-42)31(43)51-30)28(38)29(20)44-33(45-32)50-16-34-9-5-10-47(34)15-18(36)13-34/h4,6-7,12,17-18,24H,1,5,8-11,13,15-16,43H2,2-3H3/t17?,18-,24?,34+/m1/s1. The van der Waals surface area contributed by atoms with E-state index in [4.69, 9.17) is 10.5 Å². The normalized spacial score (nSPS) is 23.6. The van der Waals surface area contributed by atoms with Gasteiger partial charge in [-0.3, -0.25) is 9.69 Å². The van der Waals surface area contributed by atoms with Gasteiger partial charge in [0.1, 0.15) is 41.0 Å². The summed E-state index contributed by atoms with van der Waals surface area (Å²) in [6.07, 6.45) is -2.89. The third kappa shape index (κ3) is 5.61. The number of fused-ring (bicyclic) bond motifs is 3. The minimum absolute atomic E-state index is 0.0308. The zero-order valence-corrected chi connectivity index (χ0v) is 28.5. The van der Waals surface area contributed by atoms with Gasteiger partial charge >= 0.3 is 12.2 Å². The van der Waals surface area contributed by atoms with Crippen LogP contribution in [0.25, 0.3) is 32.1 Å². The third-order valence-electron chi connectivity index (χ3n) is 10.6. The van der Waals surface area contributed by atoms with E-state index in [2.05, 4.69) is 16.5 Å². The molecule has 16 heteroatoms. The SMILES string of the molecule is C=CC(=O)N1CCC(N(C)c2nc(OC[C@@]34CCCN3C[C@H](F)C4)nc3c(F)c(-c4ccc(F)c5sc(N)c(C#N)c45)c(C(F)(F)F)cc23)C1C. The van der Waals surface area contributed by atoms with Crippen molar-refractivity contribution in [2.24, 2.45) is 0 Å². The maximum atomic E-state index is 17.1. The van der Waals surface area contributed by atoms with Crippen LogP contribution in [0.5, 0.6) is 6.01 Å². The molecule has 0 radical (unpaired) electrons. The molecule has 2 aromatic carbocycles. The number of likely N-dealkylation sites (N-methyl/N-ethyl adjacent to an activating group) is 1. The molecule has 2 aromatic heterocycles. The number of likely N-dealkylation sites (tertiary alicyclic amines) is 1. The van der Waals surface area contributed by atoms with E-state index < -0.39 is 58.2 Å². The fourth-order valence-corrected chi connectivity index (χ4v) is 9.14. The summed E-state index contributed by atoms with van der Waals surface area (Å²) in [5.74, 6) is -2.62. The number of nitriles is 1. The van der Waals surface area contributed by atoms with E-state index in [9.17, 15) is 18.8 Å². The number of anilines is 2. The van der Waals surface area contributed by atoms with E-state index in [0.717, 1.165) is 24.6 Å². The Kier molecular flexibility index (Phi) is 8.57. The van der Waals surface area contributed by atoms with E-state index in [1.54, 1.807) is 23.8 Å². The molecule has 0 spiro atoms. The molecule has 5 heterocycles. The van der Waals surface area contributed by atoms with Gasteiger partial charge < -0.3 is 20.3 Å². The van der Waals surface area contributed by atoms with E-state index in [-0.39, 0.29) is 68.9 Å². The Morgan fingerprint density at radius 3 is 2.76 bits per heavy atom. The molecule has 1 amide bonds. The lowest BCUT2D eigenvalue weighted by atomic mass is 9.92. The minimum Gasteiger partial charge on any atom is -0.461 e. The van der Waals surface area contributed by atoms with Gasteiger partial charge in [-0.1, -0.05) is 12.6 Å². The second-order valence-corrected chi connectivity index (χ2v) is 14.4. The summed E-state index contributed by atoms with van der Waals surface area (Å²) in [6, 6.07) is 3.24. The maximum Gasteiger partial charge on any atom is 0.417 e. The summed E-state index contributed by atoms with van der Waals surface area (Å²) < 4.78 is 97.6. The number of carbonyl (C=O) groups excluding carboxylic acids is 1. The van der Waals surface area contributed by atoms with Crippen LogP contribution in [0, 0.1) is 23.0 Å². The zero-order chi connectivity index (χ0) is 36.6. The number of alkyl halides is 4. The molecule has 3 aliphatic rings. The van der Waals surface area contributed by atoms with Crippen LogP contribution < -0.4 is 15.4 Å². The largest absolute Gasteiger partial charge is 0.461 e. The summed E-state index contributed by atoms with van der Waals surface area (Å²) in [4.78, 5) is 26.6. The fourth-order valence-electron chi connectivity index (χ4n) is 8.19. The highest BCUT2D eigenvalue weighted by Crippen LogP contribution is 2.48. The van der Waals surface area contributed by atoms with Gasteiger partial charge in [0.05, 0.1) is 27.4 Å². The van der Waals surface area contributed by atoms with Gasteiger partial charge in [-0.2, -0.15) is 28.4 Å². The molecule has 4 aromatic rings. The number of benzene rings is 2. The molecule has 2 N–H and O–H groups in total. The van der Waals surface area contributed by atoms with E-state index in [1.165, 1.54) is 6.08 Å². The Morgan fingerprint density at radius 2 is 2.06 bits per heavy atom. The van der Waals surface area contributed by atoms with Crippen molar-refractivity contribution in [2.45, 2.75) is 62.6 Å². The fraction of sp³-hybridized carbons (Fsp3) is 0.429. The Balaban J connectivity index is 1.45. The second-order valence-electron chi connectivity index (χ2n) is 13.4. The number of ether oxygens (including phenoxy) is 1. The van der Waals surface area contributed by atoms with Crippen molar-refractivity contribution in [3.05, 3.63) is 53.6 Å². The predicted molar refractivity (Wildman–Crippen MR) is 181 cm³/mol. The molecule has 0 saturated carbocycles. The molecule has 3 fully saturated rings. The van der Waals surface area contributed by atoms with Gasteiger partial charge in [-0.15, -0.1) is 11.3 Å². The number of nitrogens with two attached hydrogens (primary N) is 1. The van der Waals surface area contributed by atoms with Gasteiger partial charge in [0.25, 0.3) is 0 Å². The number of carbonyl (C=O) groups is 1. The van der Waals surface area contributed by atoms with Crippen LogP contribution in [0.2, 0.25) is 0 Å². The molecular formula is C35H33F6N7O2S. The number of halogens is 6. The monoisotopic (exact) mass is 729 g/mol. The van der Waals surface area contributed by atoms with Crippen molar-refractivity contribution in [1.82, 2.24) is 19.8 Å². The summed E-state index contributed by atoms with van der Waals surface area (Å²) in [7, 11) is 1.59. The highest BCUT2D eigenvalue weighted by atomic mass is 32.1. The van der Waals surface area contributed by atoms with E-state index >= 15 is 17.6 Å². The topological polar surface area (TPSA) is 112 Å². The number of thiophene rings is 1. The zero-order valence-electron chi connectivity index (χ0n) is 27.7. The van der Waals surface area contributed by atoms with Crippen molar-refractivity contribution in [1.29, 1.82) is 5.26 Å². The second kappa shape index (κ2) is 12.6. The van der Waals surface area contributed by atoms with Crippen LogP contribution in [0.1, 0.15) is 43.7 Å². The number of nitrogens with zero attached hydrogens (tertiary/aromatic N) is 6. The molecule has 0 bridgehead atoms. The van der Waals surface area contributed by atoms with Crippen LogP contribution in [-0.4, -0.2) is 82.8 Å². The van der Waals surface area contributed by atoms with Gasteiger partial charge in [-0.05, 0) is 56.5 Å². The number of rotatable bonds is 7.